The molecule has 1 unspecified atom stereocenters. The molecule has 0 aliphatic rings. The van der Waals surface area contributed by atoms with E-state index in [1.807, 2.05) is 10.9 Å². The Kier molecular flexibility index (Phi) is 10.0. The molecule has 13 N–H and O–H groups in total. The normalized spacial score (nSPS) is 10.4. The number of carbonyl (C=O) groups is 4. The van der Waals surface area contributed by atoms with Crippen LogP contribution in [0.5, 0.6) is 0 Å². The zero-order valence-corrected chi connectivity index (χ0v) is 13.0. The van der Waals surface area contributed by atoms with E-state index in [2.05, 4.69) is 11.7 Å². The molecule has 25 heavy (non-hydrogen) atoms. The van der Waals surface area contributed by atoms with E-state index in [0.29, 0.717) is 11.1 Å². The van der Waals surface area contributed by atoms with E-state index in [4.69, 9.17) is 16.8 Å². The van der Waals surface area contributed by atoms with Crippen molar-refractivity contribution in [2.24, 2.45) is 23.4 Å². The van der Waals surface area contributed by atoms with E-state index in [-0.39, 0.29) is 0 Å². The molecule has 0 bridgehead atoms. The Bertz CT molecular complexity index is 592. The maximum atomic E-state index is 11.1. The number of hydrogen-bond donors (Lipinski definition) is 9. The van der Waals surface area contributed by atoms with E-state index < -0.39 is 36.2 Å². The van der Waals surface area contributed by atoms with Gasteiger partial charge in [0, 0.05) is 11.1 Å². The van der Waals surface area contributed by atoms with Crippen molar-refractivity contribution in [2.45, 2.75) is 12.5 Å². The third-order valence-electron chi connectivity index (χ3n) is 2.63. The first kappa shape index (κ1) is 21.9. The Labute approximate surface area is 142 Å². The molecule has 0 aliphatic heterocycles. The van der Waals surface area contributed by atoms with Gasteiger partial charge in [0.25, 0.3) is 17.7 Å². The zero-order chi connectivity index (χ0) is 19.4. The first-order valence-electron chi connectivity index (χ1n) is 6.60. The lowest BCUT2D eigenvalue weighted by Gasteiger charge is -2.06. The molecule has 0 aromatic heterocycles. The number of aliphatic hydroxyl groups is 1. The van der Waals surface area contributed by atoms with E-state index >= 15 is 0 Å². The second kappa shape index (κ2) is 11.4. The van der Waals surface area contributed by atoms with Crippen molar-refractivity contribution in [1.29, 1.82) is 0 Å². The van der Waals surface area contributed by atoms with Crippen LogP contribution in [-0.2, 0) is 9.59 Å². The summed E-state index contributed by atoms with van der Waals surface area (Å²) in [4.78, 5) is 43.0. The molecule has 0 radical (unpaired) electrons. The molecule has 4 amide bonds. The van der Waals surface area contributed by atoms with Gasteiger partial charge in [-0.3, -0.25) is 40.9 Å². The summed E-state index contributed by atoms with van der Waals surface area (Å²) in [6, 6.07) is 6.03. The number of hydrogen-bond acceptors (Lipinski definition) is 9. The minimum absolute atomic E-state index is 0.300. The highest BCUT2D eigenvalue weighted by molar-refractivity contribution is 5.99. The van der Waals surface area contributed by atoms with Crippen LogP contribution in [0.1, 0.15) is 27.1 Å². The third-order valence-corrected chi connectivity index (χ3v) is 2.63. The lowest BCUT2D eigenvalue weighted by molar-refractivity contribution is -0.134. The number of benzene rings is 1. The Morgan fingerprint density at radius 2 is 1.36 bits per heavy atom. The molecule has 0 saturated carbocycles. The van der Waals surface area contributed by atoms with Gasteiger partial charge in [-0.1, -0.05) is 6.07 Å². The summed E-state index contributed by atoms with van der Waals surface area (Å²) in [6.07, 6.45) is -1.86. The van der Waals surface area contributed by atoms with Crippen molar-refractivity contribution >= 4 is 23.6 Å². The van der Waals surface area contributed by atoms with Crippen LogP contribution in [0.15, 0.2) is 24.3 Å². The summed E-state index contributed by atoms with van der Waals surface area (Å²) in [5, 5.41) is 8.81. The largest absolute Gasteiger partial charge is 0.383 e. The Hall–Kier alpha value is -3.10. The van der Waals surface area contributed by atoms with Gasteiger partial charge in [-0.05, 0) is 18.2 Å². The predicted octanol–water partition coefficient (Wildman–Crippen LogP) is -4.39. The standard InChI is InChI=1S/C8H10N4O2.C4H10N4O3/c9-11-7(13)5-2-1-3-6(4-5)8(14)12-10;5-7-3(10)1-2(9)4(11)8-6/h1-4H,9-10H2,(H,11,13)(H,12,14);2,9H,1,5-6H2,(H,7,10)(H,8,11). The van der Waals surface area contributed by atoms with Crippen LogP contribution >= 0.6 is 0 Å². The number of carbonyl (C=O) groups excluding carboxylic acids is 4. The number of hydrazine groups is 4. The highest BCUT2D eigenvalue weighted by Gasteiger charge is 2.16. The number of nitrogens with one attached hydrogen (secondary N) is 4. The Morgan fingerprint density at radius 1 is 0.880 bits per heavy atom. The molecule has 1 atom stereocenters. The van der Waals surface area contributed by atoms with E-state index in [0.717, 1.165) is 0 Å². The van der Waals surface area contributed by atoms with Gasteiger partial charge >= 0.3 is 0 Å². The van der Waals surface area contributed by atoms with Crippen LogP contribution in [0, 0.1) is 0 Å². The van der Waals surface area contributed by atoms with E-state index in [1.54, 1.807) is 16.9 Å². The molecule has 0 saturated heterocycles. The zero-order valence-electron chi connectivity index (χ0n) is 13.0. The number of amides is 4. The second-order valence-electron chi connectivity index (χ2n) is 4.32. The first-order chi connectivity index (χ1) is 11.8. The minimum atomic E-state index is -1.46. The van der Waals surface area contributed by atoms with Gasteiger partial charge < -0.3 is 5.11 Å². The fourth-order valence-corrected chi connectivity index (χ4v) is 1.39. The van der Waals surface area contributed by atoms with Gasteiger partial charge in [0.05, 0.1) is 6.42 Å². The van der Waals surface area contributed by atoms with Crippen molar-refractivity contribution in [3.63, 3.8) is 0 Å². The topological polar surface area (TPSA) is 241 Å². The van der Waals surface area contributed by atoms with Crippen molar-refractivity contribution in [1.82, 2.24) is 21.7 Å². The molecular formula is C12H20N8O5. The minimum Gasteiger partial charge on any atom is -0.383 e. The summed E-state index contributed by atoms with van der Waals surface area (Å²) in [7, 11) is 0. The maximum Gasteiger partial charge on any atom is 0.265 e. The fraction of sp³-hybridized carbons (Fsp3) is 0.167. The Morgan fingerprint density at radius 3 is 1.72 bits per heavy atom. The molecule has 0 fully saturated rings. The maximum absolute atomic E-state index is 11.1. The van der Waals surface area contributed by atoms with Gasteiger partial charge in [-0.2, -0.15) is 0 Å². The van der Waals surface area contributed by atoms with Gasteiger partial charge in [-0.15, -0.1) is 0 Å². The number of rotatable bonds is 5. The highest BCUT2D eigenvalue weighted by atomic mass is 16.3. The van der Waals surface area contributed by atoms with Crippen molar-refractivity contribution in [3.05, 3.63) is 35.4 Å². The van der Waals surface area contributed by atoms with Crippen LogP contribution in [0.2, 0.25) is 0 Å². The van der Waals surface area contributed by atoms with Crippen LogP contribution < -0.4 is 45.1 Å². The number of nitrogen functional groups attached to an aromatic ring is 2. The second-order valence-corrected chi connectivity index (χ2v) is 4.32. The van der Waals surface area contributed by atoms with Crippen molar-refractivity contribution in [3.8, 4) is 0 Å². The summed E-state index contributed by atoms with van der Waals surface area (Å²) >= 11 is 0. The molecule has 0 aliphatic carbocycles. The van der Waals surface area contributed by atoms with Crippen molar-refractivity contribution in [2.75, 3.05) is 0 Å². The average Bonchev–Trinajstić information content (AvgIpc) is 2.66. The molecule has 1 aromatic carbocycles. The number of nitrogens with two attached hydrogens (primary N) is 4. The highest BCUT2D eigenvalue weighted by Crippen LogP contribution is 2.04. The average molecular weight is 356 g/mol. The molecule has 1 aromatic rings. The smallest absolute Gasteiger partial charge is 0.265 e. The quantitative estimate of drug-likeness (QED) is 0.140. The van der Waals surface area contributed by atoms with Gasteiger partial charge in [0.2, 0.25) is 5.91 Å². The molecule has 13 heteroatoms. The third kappa shape index (κ3) is 7.82. The van der Waals surface area contributed by atoms with Crippen LogP contribution in [0.3, 0.4) is 0 Å². The number of aliphatic hydroxyl groups excluding tert-OH is 1. The van der Waals surface area contributed by atoms with Crippen LogP contribution in [-0.4, -0.2) is 34.8 Å². The lowest BCUT2D eigenvalue weighted by atomic mass is 10.1. The van der Waals surface area contributed by atoms with Crippen LogP contribution in [0.25, 0.3) is 0 Å². The molecule has 1 rings (SSSR count). The Balaban J connectivity index is 0.000000477. The molecule has 0 heterocycles. The molecule has 0 spiro atoms. The summed E-state index contributed by atoms with van der Waals surface area (Å²) in [5.74, 6) is 16.8. The van der Waals surface area contributed by atoms with E-state index in [1.165, 1.54) is 18.2 Å². The predicted molar refractivity (Wildman–Crippen MR) is 85.0 cm³/mol. The van der Waals surface area contributed by atoms with Gasteiger partial charge in [-0.25, -0.2) is 23.4 Å². The van der Waals surface area contributed by atoms with E-state index in [9.17, 15) is 19.2 Å². The van der Waals surface area contributed by atoms with Gasteiger partial charge in [0.1, 0.15) is 6.10 Å². The molecule has 138 valence electrons. The monoisotopic (exact) mass is 356 g/mol. The van der Waals surface area contributed by atoms with Crippen molar-refractivity contribution < 1.29 is 24.3 Å². The van der Waals surface area contributed by atoms with Gasteiger partial charge in [0.15, 0.2) is 0 Å². The first-order valence-corrected chi connectivity index (χ1v) is 6.60. The summed E-state index contributed by atoms with van der Waals surface area (Å²) in [5.41, 5.74) is 7.97. The summed E-state index contributed by atoms with van der Waals surface area (Å²) < 4.78 is 0. The fourth-order valence-electron chi connectivity index (χ4n) is 1.39. The molecule has 13 nitrogen and oxygen atoms in total. The lowest BCUT2D eigenvalue weighted by Crippen LogP contribution is -2.42. The van der Waals surface area contributed by atoms with Crippen LogP contribution in [0.4, 0.5) is 0 Å². The summed E-state index contributed by atoms with van der Waals surface area (Å²) in [6.45, 7) is 0. The SMILES string of the molecule is NNC(=O)CC(O)C(=O)NN.NNC(=O)c1cccc(C(=O)NN)c1. The molecular weight excluding hydrogens is 336 g/mol.